The highest BCUT2D eigenvalue weighted by Crippen LogP contribution is 2.23. The second-order valence-corrected chi connectivity index (χ2v) is 5.23. The first-order valence-corrected chi connectivity index (χ1v) is 6.81. The summed E-state index contributed by atoms with van der Waals surface area (Å²) in [4.78, 5) is 0. The van der Waals surface area contributed by atoms with Crippen LogP contribution in [0.5, 0.6) is 0 Å². The summed E-state index contributed by atoms with van der Waals surface area (Å²) in [7, 11) is 1.89. The minimum atomic E-state index is -0.394. The average molecular weight is 294 g/mol. The van der Waals surface area contributed by atoms with Crippen molar-refractivity contribution < 1.29 is 4.39 Å². The Hall–Kier alpha value is -1.52. The Morgan fingerprint density at radius 2 is 2.00 bits per heavy atom. The molecule has 0 aliphatic heterocycles. The first-order chi connectivity index (χ1) is 9.51. The van der Waals surface area contributed by atoms with Crippen molar-refractivity contribution in [2.45, 2.75) is 26.3 Å². The molecular formula is C15H17ClFN3. The molecule has 1 atom stereocenters. The van der Waals surface area contributed by atoms with Crippen molar-refractivity contribution in [1.29, 1.82) is 0 Å². The van der Waals surface area contributed by atoms with E-state index in [2.05, 4.69) is 15.5 Å². The predicted molar refractivity (Wildman–Crippen MR) is 78.4 cm³/mol. The Labute approximate surface area is 123 Å². The third-order valence-corrected chi connectivity index (χ3v) is 3.58. The lowest BCUT2D eigenvalue weighted by Crippen LogP contribution is -2.21. The number of aryl methyl sites for hydroxylation is 2. The van der Waals surface area contributed by atoms with Gasteiger partial charge >= 0.3 is 0 Å². The maximum atomic E-state index is 13.2. The summed E-state index contributed by atoms with van der Waals surface area (Å²) in [6.07, 6.45) is 0.711. The van der Waals surface area contributed by atoms with E-state index in [9.17, 15) is 4.39 Å². The summed E-state index contributed by atoms with van der Waals surface area (Å²) in [6.45, 7) is 3.85. The highest BCUT2D eigenvalue weighted by molar-refractivity contribution is 6.30. The van der Waals surface area contributed by atoms with Gasteiger partial charge in [-0.2, -0.15) is 10.2 Å². The molecule has 0 bridgehead atoms. The average Bonchev–Trinajstić information content (AvgIpc) is 2.43. The van der Waals surface area contributed by atoms with E-state index < -0.39 is 5.82 Å². The second kappa shape index (κ2) is 6.29. The SMILES string of the molecule is CNC(Cc1ccc(F)c(Cl)c1)c1cc(C)nnc1C. The maximum absolute atomic E-state index is 13.2. The van der Waals surface area contributed by atoms with E-state index in [-0.39, 0.29) is 11.1 Å². The van der Waals surface area contributed by atoms with E-state index in [0.29, 0.717) is 6.42 Å². The molecule has 0 aliphatic rings. The van der Waals surface area contributed by atoms with Crippen LogP contribution in [0.4, 0.5) is 4.39 Å². The van der Waals surface area contributed by atoms with E-state index in [1.807, 2.05) is 27.0 Å². The fourth-order valence-electron chi connectivity index (χ4n) is 2.19. The fourth-order valence-corrected chi connectivity index (χ4v) is 2.40. The van der Waals surface area contributed by atoms with Gasteiger partial charge in [-0.05, 0) is 56.6 Å². The molecule has 5 heteroatoms. The van der Waals surface area contributed by atoms with Gasteiger partial charge in [0.05, 0.1) is 16.4 Å². The summed E-state index contributed by atoms with van der Waals surface area (Å²) < 4.78 is 13.2. The predicted octanol–water partition coefficient (Wildman–Crippen LogP) is 3.39. The molecule has 0 radical (unpaired) electrons. The van der Waals surface area contributed by atoms with E-state index in [0.717, 1.165) is 22.5 Å². The number of likely N-dealkylation sites (N-methyl/N-ethyl adjacent to an activating group) is 1. The van der Waals surface area contributed by atoms with E-state index in [1.165, 1.54) is 6.07 Å². The van der Waals surface area contributed by atoms with Crippen LogP contribution in [0.2, 0.25) is 5.02 Å². The van der Waals surface area contributed by atoms with Crippen LogP contribution in [0.3, 0.4) is 0 Å². The zero-order valence-corrected chi connectivity index (χ0v) is 12.5. The summed E-state index contributed by atoms with van der Waals surface area (Å²) in [5.74, 6) is -0.394. The van der Waals surface area contributed by atoms with Crippen molar-refractivity contribution >= 4 is 11.6 Å². The molecule has 20 heavy (non-hydrogen) atoms. The fraction of sp³-hybridized carbons (Fsp3) is 0.333. The molecule has 2 rings (SSSR count). The van der Waals surface area contributed by atoms with Crippen LogP contribution < -0.4 is 5.32 Å². The van der Waals surface area contributed by atoms with Crippen LogP contribution in [0.15, 0.2) is 24.3 Å². The molecule has 1 aromatic heterocycles. The normalized spacial score (nSPS) is 12.4. The Balaban J connectivity index is 2.28. The first kappa shape index (κ1) is 14.9. The van der Waals surface area contributed by atoms with Gasteiger partial charge in [0.1, 0.15) is 5.82 Å². The lowest BCUT2D eigenvalue weighted by Gasteiger charge is -2.18. The Morgan fingerprint density at radius 3 is 2.65 bits per heavy atom. The molecule has 3 nitrogen and oxygen atoms in total. The van der Waals surface area contributed by atoms with Crippen molar-refractivity contribution in [2.24, 2.45) is 0 Å². The molecule has 2 aromatic rings. The number of aromatic nitrogens is 2. The number of rotatable bonds is 4. The van der Waals surface area contributed by atoms with Gasteiger partial charge in [0.15, 0.2) is 0 Å². The molecule has 1 unspecified atom stereocenters. The van der Waals surface area contributed by atoms with Crippen molar-refractivity contribution in [3.8, 4) is 0 Å². The highest BCUT2D eigenvalue weighted by Gasteiger charge is 2.15. The third kappa shape index (κ3) is 3.32. The molecule has 0 saturated carbocycles. The van der Waals surface area contributed by atoms with Gasteiger partial charge in [-0.1, -0.05) is 17.7 Å². The Morgan fingerprint density at radius 1 is 1.25 bits per heavy atom. The van der Waals surface area contributed by atoms with Gasteiger partial charge in [-0.3, -0.25) is 0 Å². The van der Waals surface area contributed by atoms with Crippen LogP contribution in [-0.4, -0.2) is 17.2 Å². The van der Waals surface area contributed by atoms with Gasteiger partial charge < -0.3 is 5.32 Å². The van der Waals surface area contributed by atoms with E-state index >= 15 is 0 Å². The highest BCUT2D eigenvalue weighted by atomic mass is 35.5. The van der Waals surface area contributed by atoms with Crippen LogP contribution >= 0.6 is 11.6 Å². The Kier molecular flexibility index (Phi) is 4.68. The van der Waals surface area contributed by atoms with Crippen molar-refractivity contribution in [3.63, 3.8) is 0 Å². The minimum absolute atomic E-state index is 0.0886. The molecule has 1 N–H and O–H groups in total. The van der Waals surface area contributed by atoms with Gasteiger partial charge in [0.25, 0.3) is 0 Å². The van der Waals surface area contributed by atoms with Crippen LogP contribution in [-0.2, 0) is 6.42 Å². The molecular weight excluding hydrogens is 277 g/mol. The number of benzene rings is 1. The number of halogens is 2. The van der Waals surface area contributed by atoms with Crippen molar-refractivity contribution in [2.75, 3.05) is 7.05 Å². The molecule has 1 heterocycles. The van der Waals surface area contributed by atoms with Gasteiger partial charge in [-0.25, -0.2) is 4.39 Å². The van der Waals surface area contributed by atoms with Crippen molar-refractivity contribution in [1.82, 2.24) is 15.5 Å². The van der Waals surface area contributed by atoms with E-state index in [4.69, 9.17) is 11.6 Å². The van der Waals surface area contributed by atoms with Gasteiger partial charge in [0.2, 0.25) is 0 Å². The summed E-state index contributed by atoms with van der Waals surface area (Å²) in [5.41, 5.74) is 3.84. The molecule has 0 aliphatic carbocycles. The number of nitrogens with one attached hydrogen (secondary N) is 1. The van der Waals surface area contributed by atoms with Crippen molar-refractivity contribution in [3.05, 3.63) is 57.6 Å². The maximum Gasteiger partial charge on any atom is 0.141 e. The lowest BCUT2D eigenvalue weighted by atomic mass is 9.98. The molecule has 0 amide bonds. The largest absolute Gasteiger partial charge is 0.313 e. The molecule has 0 fully saturated rings. The van der Waals surface area contributed by atoms with E-state index in [1.54, 1.807) is 12.1 Å². The summed E-state index contributed by atoms with van der Waals surface area (Å²) >= 11 is 5.83. The smallest absolute Gasteiger partial charge is 0.141 e. The minimum Gasteiger partial charge on any atom is -0.313 e. The van der Waals surface area contributed by atoms with Crippen LogP contribution in [0.1, 0.15) is 28.6 Å². The zero-order valence-electron chi connectivity index (χ0n) is 11.7. The number of hydrogen-bond donors (Lipinski definition) is 1. The van der Waals surface area contributed by atoms with Gasteiger partial charge in [0, 0.05) is 6.04 Å². The molecule has 1 aromatic carbocycles. The number of nitrogens with zero attached hydrogens (tertiary/aromatic N) is 2. The Bertz CT molecular complexity index is 616. The monoisotopic (exact) mass is 293 g/mol. The van der Waals surface area contributed by atoms with Crippen LogP contribution in [0.25, 0.3) is 0 Å². The first-order valence-electron chi connectivity index (χ1n) is 6.43. The third-order valence-electron chi connectivity index (χ3n) is 3.29. The van der Waals surface area contributed by atoms with Crippen LogP contribution in [0, 0.1) is 19.7 Å². The zero-order chi connectivity index (χ0) is 14.7. The second-order valence-electron chi connectivity index (χ2n) is 4.82. The molecule has 106 valence electrons. The topological polar surface area (TPSA) is 37.8 Å². The summed E-state index contributed by atoms with van der Waals surface area (Å²) in [5, 5.41) is 11.6. The number of hydrogen-bond acceptors (Lipinski definition) is 3. The molecule has 0 saturated heterocycles. The van der Waals surface area contributed by atoms with Gasteiger partial charge in [-0.15, -0.1) is 0 Å². The molecule has 0 spiro atoms. The lowest BCUT2D eigenvalue weighted by molar-refractivity contribution is 0.580. The summed E-state index contributed by atoms with van der Waals surface area (Å²) in [6, 6.07) is 6.92. The quantitative estimate of drug-likeness (QED) is 0.939. The standard InChI is InChI=1S/C15H17ClFN3/c1-9-6-12(10(2)20-19-9)15(18-3)8-11-4-5-14(17)13(16)7-11/h4-7,15,18H,8H2,1-3H3.